The maximum Gasteiger partial charge on any atom is 0.227 e. The van der Waals surface area contributed by atoms with Gasteiger partial charge in [0.2, 0.25) is 5.91 Å². The molecule has 1 saturated heterocycles. The summed E-state index contributed by atoms with van der Waals surface area (Å²) >= 11 is 1.65. The van der Waals surface area contributed by atoms with Gasteiger partial charge in [0.25, 0.3) is 0 Å². The van der Waals surface area contributed by atoms with Gasteiger partial charge in [-0.15, -0.1) is 10.2 Å². The zero-order chi connectivity index (χ0) is 16.1. The van der Waals surface area contributed by atoms with E-state index in [0.717, 1.165) is 57.1 Å². The highest BCUT2D eigenvalue weighted by Crippen LogP contribution is 2.10. The molecule has 0 aromatic carbocycles. The third-order valence-electron chi connectivity index (χ3n) is 4.34. The van der Waals surface area contributed by atoms with E-state index in [2.05, 4.69) is 25.0 Å². The molecule has 0 bridgehead atoms. The molecule has 3 rings (SSSR count). The number of hydrogen-bond donors (Lipinski definition) is 0. The Bertz CT molecular complexity index is 624. The summed E-state index contributed by atoms with van der Waals surface area (Å²) in [6.45, 7) is 7.53. The van der Waals surface area contributed by atoms with E-state index in [-0.39, 0.29) is 5.91 Å². The molecule has 23 heavy (non-hydrogen) atoms. The van der Waals surface area contributed by atoms with Gasteiger partial charge in [0.05, 0.1) is 6.42 Å². The topological polar surface area (TPSA) is 54.3 Å². The Labute approximate surface area is 140 Å². The minimum atomic E-state index is 0.250. The Kier molecular flexibility index (Phi) is 5.40. The number of nitrogens with zero attached hydrogens (tertiary/aromatic N) is 5. The standard InChI is InChI=1S/C16H23N5OS/c1-14-18-17-13-21(14)9-7-19-4-2-5-20(8-6-19)16(22)11-15-3-10-23-12-15/h3,10,12-13H,2,4-9,11H2,1H3. The monoisotopic (exact) mass is 333 g/mol. The summed E-state index contributed by atoms with van der Waals surface area (Å²) in [5.74, 6) is 1.20. The van der Waals surface area contributed by atoms with E-state index in [1.165, 1.54) is 0 Å². The van der Waals surface area contributed by atoms with Crippen LogP contribution in [-0.4, -0.2) is 63.2 Å². The minimum absolute atomic E-state index is 0.250. The number of amides is 1. The molecule has 0 aliphatic carbocycles. The predicted molar refractivity (Wildman–Crippen MR) is 90.4 cm³/mol. The zero-order valence-corrected chi connectivity index (χ0v) is 14.3. The Hall–Kier alpha value is -1.73. The molecule has 0 unspecified atom stereocenters. The van der Waals surface area contributed by atoms with Crippen molar-refractivity contribution in [3.05, 3.63) is 34.5 Å². The molecule has 0 N–H and O–H groups in total. The van der Waals surface area contributed by atoms with Crippen molar-refractivity contribution in [2.45, 2.75) is 26.3 Å². The molecule has 1 aliphatic heterocycles. The van der Waals surface area contributed by atoms with Crippen LogP contribution < -0.4 is 0 Å². The fraction of sp³-hybridized carbons (Fsp3) is 0.562. The fourth-order valence-corrected chi connectivity index (χ4v) is 3.57. The average molecular weight is 333 g/mol. The predicted octanol–water partition coefficient (Wildman–Crippen LogP) is 1.43. The molecule has 0 atom stereocenters. The van der Waals surface area contributed by atoms with Crippen LogP contribution in [-0.2, 0) is 17.8 Å². The van der Waals surface area contributed by atoms with Crippen molar-refractivity contribution in [3.8, 4) is 0 Å². The molecule has 1 amide bonds. The molecule has 7 heteroatoms. The van der Waals surface area contributed by atoms with Gasteiger partial charge in [0, 0.05) is 32.7 Å². The van der Waals surface area contributed by atoms with Crippen molar-refractivity contribution in [1.82, 2.24) is 24.6 Å². The van der Waals surface area contributed by atoms with Crippen LogP contribution in [0.3, 0.4) is 0 Å². The van der Waals surface area contributed by atoms with E-state index >= 15 is 0 Å². The van der Waals surface area contributed by atoms with Gasteiger partial charge < -0.3 is 9.47 Å². The normalized spacial score (nSPS) is 16.5. The van der Waals surface area contributed by atoms with Crippen LogP contribution in [0.2, 0.25) is 0 Å². The van der Waals surface area contributed by atoms with Crippen molar-refractivity contribution in [2.24, 2.45) is 0 Å². The molecule has 0 spiro atoms. The number of hydrogen-bond acceptors (Lipinski definition) is 5. The van der Waals surface area contributed by atoms with Crippen LogP contribution in [0.4, 0.5) is 0 Å². The van der Waals surface area contributed by atoms with Gasteiger partial charge in [0.1, 0.15) is 12.2 Å². The number of thiophene rings is 1. The number of carbonyl (C=O) groups excluding carboxylic acids is 1. The third kappa shape index (κ3) is 4.39. The molecule has 1 fully saturated rings. The smallest absolute Gasteiger partial charge is 0.227 e. The van der Waals surface area contributed by atoms with Crippen LogP contribution in [0.5, 0.6) is 0 Å². The van der Waals surface area contributed by atoms with E-state index in [9.17, 15) is 4.79 Å². The van der Waals surface area contributed by atoms with Crippen molar-refractivity contribution < 1.29 is 4.79 Å². The Morgan fingerprint density at radius 2 is 2.17 bits per heavy atom. The lowest BCUT2D eigenvalue weighted by Crippen LogP contribution is -2.36. The lowest BCUT2D eigenvalue weighted by Gasteiger charge is -2.22. The van der Waals surface area contributed by atoms with E-state index in [4.69, 9.17) is 0 Å². The SMILES string of the molecule is Cc1nncn1CCN1CCCN(C(=O)Cc2ccsc2)CC1. The van der Waals surface area contributed by atoms with Gasteiger partial charge in [-0.25, -0.2) is 0 Å². The Balaban J connectivity index is 1.47. The van der Waals surface area contributed by atoms with Gasteiger partial charge in [-0.05, 0) is 42.3 Å². The van der Waals surface area contributed by atoms with Crippen LogP contribution in [0, 0.1) is 6.92 Å². The summed E-state index contributed by atoms with van der Waals surface area (Å²) in [6.07, 6.45) is 3.35. The first-order valence-electron chi connectivity index (χ1n) is 8.08. The number of rotatable bonds is 5. The Morgan fingerprint density at radius 1 is 1.26 bits per heavy atom. The van der Waals surface area contributed by atoms with E-state index in [1.54, 1.807) is 17.7 Å². The van der Waals surface area contributed by atoms with Crippen LogP contribution in [0.1, 0.15) is 17.8 Å². The van der Waals surface area contributed by atoms with E-state index in [1.807, 2.05) is 23.3 Å². The molecule has 2 aromatic heterocycles. The molecule has 3 heterocycles. The first-order chi connectivity index (χ1) is 11.2. The molecular formula is C16H23N5OS. The molecular weight excluding hydrogens is 310 g/mol. The quantitative estimate of drug-likeness (QED) is 0.830. The molecule has 6 nitrogen and oxygen atoms in total. The van der Waals surface area contributed by atoms with Crippen molar-refractivity contribution >= 4 is 17.2 Å². The van der Waals surface area contributed by atoms with Gasteiger partial charge in [-0.2, -0.15) is 11.3 Å². The molecule has 124 valence electrons. The minimum Gasteiger partial charge on any atom is -0.341 e. The van der Waals surface area contributed by atoms with Crippen molar-refractivity contribution in [2.75, 3.05) is 32.7 Å². The highest BCUT2D eigenvalue weighted by Gasteiger charge is 2.19. The molecule has 0 saturated carbocycles. The highest BCUT2D eigenvalue weighted by atomic mass is 32.1. The van der Waals surface area contributed by atoms with Crippen LogP contribution >= 0.6 is 11.3 Å². The number of carbonyl (C=O) groups is 1. The van der Waals surface area contributed by atoms with E-state index in [0.29, 0.717) is 6.42 Å². The van der Waals surface area contributed by atoms with E-state index < -0.39 is 0 Å². The van der Waals surface area contributed by atoms with Crippen molar-refractivity contribution in [1.29, 1.82) is 0 Å². The summed E-state index contributed by atoms with van der Waals surface area (Å²) < 4.78 is 2.07. The molecule has 2 aromatic rings. The first kappa shape index (κ1) is 16.1. The van der Waals surface area contributed by atoms with Gasteiger partial charge in [0.15, 0.2) is 0 Å². The summed E-state index contributed by atoms with van der Waals surface area (Å²) in [5.41, 5.74) is 1.13. The number of aromatic nitrogens is 3. The third-order valence-corrected chi connectivity index (χ3v) is 5.07. The van der Waals surface area contributed by atoms with Gasteiger partial charge in [-0.3, -0.25) is 9.69 Å². The second kappa shape index (κ2) is 7.70. The second-order valence-electron chi connectivity index (χ2n) is 5.96. The fourth-order valence-electron chi connectivity index (χ4n) is 2.90. The summed E-state index contributed by atoms with van der Waals surface area (Å²) in [6, 6.07) is 2.04. The van der Waals surface area contributed by atoms with Gasteiger partial charge >= 0.3 is 0 Å². The molecule has 1 aliphatic rings. The van der Waals surface area contributed by atoms with Crippen molar-refractivity contribution in [3.63, 3.8) is 0 Å². The summed E-state index contributed by atoms with van der Waals surface area (Å²) in [4.78, 5) is 16.8. The summed E-state index contributed by atoms with van der Waals surface area (Å²) in [5, 5.41) is 12.0. The Morgan fingerprint density at radius 3 is 2.91 bits per heavy atom. The average Bonchev–Trinajstić information content (AvgIpc) is 3.12. The van der Waals surface area contributed by atoms with Gasteiger partial charge in [-0.1, -0.05) is 0 Å². The first-order valence-corrected chi connectivity index (χ1v) is 9.02. The highest BCUT2D eigenvalue weighted by molar-refractivity contribution is 7.07. The lowest BCUT2D eigenvalue weighted by atomic mass is 10.2. The largest absolute Gasteiger partial charge is 0.341 e. The number of aryl methyl sites for hydroxylation is 1. The lowest BCUT2D eigenvalue weighted by molar-refractivity contribution is -0.130. The maximum atomic E-state index is 12.4. The summed E-state index contributed by atoms with van der Waals surface area (Å²) in [7, 11) is 0. The van der Waals surface area contributed by atoms with Crippen LogP contribution in [0.25, 0.3) is 0 Å². The maximum absolute atomic E-state index is 12.4. The molecule has 0 radical (unpaired) electrons. The van der Waals surface area contributed by atoms with Crippen LogP contribution in [0.15, 0.2) is 23.2 Å². The zero-order valence-electron chi connectivity index (χ0n) is 13.5. The second-order valence-corrected chi connectivity index (χ2v) is 6.74.